The average molecular weight is 229 g/mol. The molecule has 2 rings (SSSR count). The van der Waals surface area contributed by atoms with E-state index in [1.165, 1.54) is 35.3 Å². The van der Waals surface area contributed by atoms with E-state index in [0.29, 0.717) is 0 Å². The molecule has 1 aromatic heterocycles. The minimum atomic E-state index is -4.73. The summed E-state index contributed by atoms with van der Waals surface area (Å²) in [6, 6.07) is 5.70. The fraction of sp³-hybridized carbons (Fsp3) is 0.111. The Labute approximate surface area is 88.3 Å². The van der Waals surface area contributed by atoms with Gasteiger partial charge >= 0.3 is 6.36 Å². The van der Waals surface area contributed by atoms with Gasteiger partial charge < -0.3 is 4.74 Å². The number of aromatic nitrogens is 3. The molecule has 4 nitrogen and oxygen atoms in total. The molecule has 7 heteroatoms. The third kappa shape index (κ3) is 2.30. The molecule has 0 aliphatic carbocycles. The summed E-state index contributed by atoms with van der Waals surface area (Å²) in [7, 11) is 0. The van der Waals surface area contributed by atoms with Crippen LogP contribution in [-0.4, -0.2) is 21.4 Å². The summed E-state index contributed by atoms with van der Waals surface area (Å²) in [5.41, 5.74) is 0.178. The summed E-state index contributed by atoms with van der Waals surface area (Å²) in [6.07, 6.45) is -1.93. The van der Waals surface area contributed by atoms with Crippen LogP contribution in [0.2, 0.25) is 0 Å². The second-order valence-electron chi connectivity index (χ2n) is 2.86. The number of hydrogen-bond acceptors (Lipinski definition) is 3. The number of halogens is 3. The Morgan fingerprint density at radius 2 is 1.94 bits per heavy atom. The van der Waals surface area contributed by atoms with Crippen LogP contribution in [0.3, 0.4) is 0 Å². The molecule has 0 fully saturated rings. The lowest BCUT2D eigenvalue weighted by Crippen LogP contribution is -2.18. The van der Waals surface area contributed by atoms with Gasteiger partial charge in [0.05, 0.1) is 12.4 Å². The van der Waals surface area contributed by atoms with Gasteiger partial charge in [-0.3, -0.25) is 0 Å². The van der Waals surface area contributed by atoms with Crippen molar-refractivity contribution < 1.29 is 17.9 Å². The van der Waals surface area contributed by atoms with E-state index in [2.05, 4.69) is 15.0 Å². The van der Waals surface area contributed by atoms with Crippen molar-refractivity contribution in [2.75, 3.05) is 0 Å². The Morgan fingerprint density at radius 1 is 1.19 bits per heavy atom. The van der Waals surface area contributed by atoms with Gasteiger partial charge in [-0.2, -0.15) is 0 Å². The molecule has 0 bridgehead atoms. The van der Waals surface area contributed by atoms with E-state index in [4.69, 9.17) is 0 Å². The fourth-order valence-corrected chi connectivity index (χ4v) is 1.19. The molecule has 0 saturated carbocycles. The molecule has 84 valence electrons. The number of nitrogens with zero attached hydrogens (tertiary/aromatic N) is 3. The van der Waals surface area contributed by atoms with Crippen molar-refractivity contribution in [1.82, 2.24) is 15.0 Å². The van der Waals surface area contributed by atoms with Crippen LogP contribution in [0.4, 0.5) is 13.2 Å². The van der Waals surface area contributed by atoms with Crippen LogP contribution in [0.15, 0.2) is 36.7 Å². The molecule has 0 spiro atoms. The molecule has 0 unspecified atom stereocenters. The first-order valence-corrected chi connectivity index (χ1v) is 4.28. The molecule has 2 aromatic rings. The molecule has 0 aliphatic heterocycles. The van der Waals surface area contributed by atoms with Crippen molar-refractivity contribution >= 4 is 0 Å². The molecule has 0 N–H and O–H groups in total. The van der Waals surface area contributed by atoms with E-state index in [1.54, 1.807) is 6.07 Å². The predicted octanol–water partition coefficient (Wildman–Crippen LogP) is 2.17. The predicted molar refractivity (Wildman–Crippen MR) is 48.0 cm³/mol. The highest BCUT2D eigenvalue weighted by Gasteiger charge is 2.32. The average Bonchev–Trinajstić information content (AvgIpc) is 2.69. The van der Waals surface area contributed by atoms with Gasteiger partial charge in [0.15, 0.2) is 5.75 Å². The molecule has 0 aliphatic rings. The summed E-state index contributed by atoms with van der Waals surface area (Å²) >= 11 is 0. The summed E-state index contributed by atoms with van der Waals surface area (Å²) in [5.74, 6) is -0.319. The van der Waals surface area contributed by atoms with Crippen molar-refractivity contribution in [3.8, 4) is 11.4 Å². The monoisotopic (exact) mass is 229 g/mol. The zero-order valence-electron chi connectivity index (χ0n) is 7.85. The second-order valence-corrected chi connectivity index (χ2v) is 2.86. The van der Waals surface area contributed by atoms with Gasteiger partial charge in [-0.15, -0.1) is 18.3 Å². The number of rotatable bonds is 2. The van der Waals surface area contributed by atoms with E-state index in [9.17, 15) is 13.2 Å². The quantitative estimate of drug-likeness (QED) is 0.792. The highest BCUT2D eigenvalue weighted by atomic mass is 19.4. The largest absolute Gasteiger partial charge is 0.573 e. The number of hydrogen-bond donors (Lipinski definition) is 0. The summed E-state index contributed by atoms with van der Waals surface area (Å²) < 4.78 is 41.3. The van der Waals surface area contributed by atoms with Crippen molar-refractivity contribution in [3.05, 3.63) is 36.7 Å². The molecule has 0 amide bonds. The zero-order chi connectivity index (χ0) is 11.6. The van der Waals surface area contributed by atoms with E-state index >= 15 is 0 Å². The maximum atomic E-state index is 12.1. The second kappa shape index (κ2) is 3.84. The van der Waals surface area contributed by atoms with Crippen LogP contribution in [0.1, 0.15) is 0 Å². The van der Waals surface area contributed by atoms with Gasteiger partial charge in [0, 0.05) is 0 Å². The molecule has 1 aromatic carbocycles. The Balaban J connectivity index is 2.39. The summed E-state index contributed by atoms with van der Waals surface area (Å²) in [5, 5.41) is 7.11. The van der Waals surface area contributed by atoms with Gasteiger partial charge in [0.25, 0.3) is 0 Å². The Morgan fingerprint density at radius 3 is 2.56 bits per heavy atom. The minimum Gasteiger partial charge on any atom is -0.403 e. The maximum Gasteiger partial charge on any atom is 0.573 e. The van der Waals surface area contributed by atoms with Gasteiger partial charge in [-0.1, -0.05) is 17.3 Å². The van der Waals surface area contributed by atoms with Gasteiger partial charge in [-0.05, 0) is 12.1 Å². The van der Waals surface area contributed by atoms with Crippen molar-refractivity contribution in [3.63, 3.8) is 0 Å². The summed E-state index contributed by atoms with van der Waals surface area (Å²) in [4.78, 5) is 0. The van der Waals surface area contributed by atoms with Crippen molar-refractivity contribution in [1.29, 1.82) is 0 Å². The minimum absolute atomic E-state index is 0.178. The van der Waals surface area contributed by atoms with Gasteiger partial charge in [0.2, 0.25) is 0 Å². The first-order chi connectivity index (χ1) is 7.56. The Bertz CT molecular complexity index is 467. The number of ether oxygens (including phenoxy) is 1. The zero-order valence-corrected chi connectivity index (χ0v) is 7.85. The topological polar surface area (TPSA) is 39.9 Å². The number of benzene rings is 1. The third-order valence-electron chi connectivity index (χ3n) is 1.76. The van der Waals surface area contributed by atoms with Crippen LogP contribution in [0.25, 0.3) is 5.69 Å². The van der Waals surface area contributed by atoms with Crippen LogP contribution in [0, 0.1) is 0 Å². The lowest BCUT2D eigenvalue weighted by atomic mass is 10.3. The lowest BCUT2D eigenvalue weighted by Gasteiger charge is -2.12. The van der Waals surface area contributed by atoms with Crippen LogP contribution < -0.4 is 4.74 Å². The van der Waals surface area contributed by atoms with Crippen molar-refractivity contribution in [2.24, 2.45) is 0 Å². The SMILES string of the molecule is FC(F)(F)Oc1ccccc1-n1ccnn1. The lowest BCUT2D eigenvalue weighted by molar-refractivity contribution is -0.274. The Hall–Kier alpha value is -2.05. The first-order valence-electron chi connectivity index (χ1n) is 4.28. The first kappa shape index (κ1) is 10.5. The molecule has 0 radical (unpaired) electrons. The van der Waals surface area contributed by atoms with Crippen LogP contribution in [0.5, 0.6) is 5.75 Å². The number of alkyl halides is 3. The summed E-state index contributed by atoms with van der Waals surface area (Å²) in [6.45, 7) is 0. The van der Waals surface area contributed by atoms with E-state index in [-0.39, 0.29) is 11.4 Å². The van der Waals surface area contributed by atoms with Crippen molar-refractivity contribution in [2.45, 2.75) is 6.36 Å². The van der Waals surface area contributed by atoms with E-state index in [0.717, 1.165) is 0 Å². The molecule has 0 saturated heterocycles. The smallest absolute Gasteiger partial charge is 0.403 e. The van der Waals surface area contributed by atoms with E-state index < -0.39 is 6.36 Å². The van der Waals surface area contributed by atoms with Gasteiger partial charge in [-0.25, -0.2) is 4.68 Å². The molecular weight excluding hydrogens is 223 g/mol. The highest BCUT2D eigenvalue weighted by molar-refractivity contribution is 5.45. The molecule has 0 atom stereocenters. The molecular formula is C9H6F3N3O. The highest BCUT2D eigenvalue weighted by Crippen LogP contribution is 2.27. The van der Waals surface area contributed by atoms with E-state index in [1.807, 2.05) is 0 Å². The van der Waals surface area contributed by atoms with Gasteiger partial charge in [0.1, 0.15) is 5.69 Å². The van der Waals surface area contributed by atoms with Crippen LogP contribution in [-0.2, 0) is 0 Å². The van der Waals surface area contributed by atoms with Crippen LogP contribution >= 0.6 is 0 Å². The standard InChI is InChI=1S/C9H6F3N3O/c10-9(11,12)16-8-4-2-1-3-7(8)15-6-5-13-14-15/h1-6H. The molecule has 16 heavy (non-hydrogen) atoms. The third-order valence-corrected chi connectivity index (χ3v) is 1.76. The molecule has 1 heterocycles. The number of para-hydroxylation sites is 2. The normalized spacial score (nSPS) is 11.4. The Kier molecular flexibility index (Phi) is 2.51. The fourth-order valence-electron chi connectivity index (χ4n) is 1.19. The maximum absolute atomic E-state index is 12.1.